The molecule has 0 spiro atoms. The maximum absolute atomic E-state index is 14.0. The van der Waals surface area contributed by atoms with E-state index in [0.717, 1.165) is 6.07 Å². The minimum Gasteiger partial charge on any atom is -0.481 e. The maximum Gasteiger partial charge on any atom is 0.408 e. The van der Waals surface area contributed by atoms with Crippen molar-refractivity contribution in [3.63, 3.8) is 0 Å². The molecule has 0 saturated heterocycles. The second-order valence-electron chi connectivity index (χ2n) is 8.50. The molecule has 0 aliphatic heterocycles. The third-order valence-electron chi connectivity index (χ3n) is 4.27. The summed E-state index contributed by atoms with van der Waals surface area (Å²) in [6.45, 7) is 5.00. The molecule has 1 aromatic carbocycles. The molecule has 0 bridgehead atoms. The van der Waals surface area contributed by atoms with Crippen LogP contribution in [0.2, 0.25) is 0 Å². The highest BCUT2D eigenvalue weighted by atomic mass is 19.1. The topological polar surface area (TPSA) is 148 Å². The van der Waals surface area contributed by atoms with E-state index in [1.807, 2.05) is 0 Å². The molecule has 0 aliphatic carbocycles. The number of amides is 3. The number of nitrogens with one attached hydrogen (secondary N) is 2. The van der Waals surface area contributed by atoms with Crippen LogP contribution in [0.15, 0.2) is 18.2 Å². The van der Waals surface area contributed by atoms with Gasteiger partial charge in [-0.3, -0.25) is 14.4 Å². The van der Waals surface area contributed by atoms with E-state index in [1.54, 1.807) is 26.8 Å². The van der Waals surface area contributed by atoms with Crippen molar-refractivity contribution in [2.75, 3.05) is 5.32 Å². The summed E-state index contributed by atoms with van der Waals surface area (Å²) in [6, 6.07) is 2.98. The van der Waals surface area contributed by atoms with Gasteiger partial charge in [0.2, 0.25) is 11.8 Å². The summed E-state index contributed by atoms with van der Waals surface area (Å²) in [7, 11) is 0. The lowest BCUT2D eigenvalue weighted by Gasteiger charge is -2.23. The number of unbranched alkanes of at least 4 members (excludes halogenated alkanes) is 2. The molecule has 5 N–H and O–H groups in total. The molecule has 10 heteroatoms. The highest BCUT2D eigenvalue weighted by Gasteiger charge is 2.25. The summed E-state index contributed by atoms with van der Waals surface area (Å²) >= 11 is 0. The molecule has 0 heterocycles. The number of aryl methyl sites for hydroxylation is 1. The first-order chi connectivity index (χ1) is 14.9. The van der Waals surface area contributed by atoms with Crippen molar-refractivity contribution in [2.24, 2.45) is 5.73 Å². The van der Waals surface area contributed by atoms with Crippen LogP contribution in [-0.4, -0.2) is 40.6 Å². The van der Waals surface area contributed by atoms with Gasteiger partial charge in [-0.1, -0.05) is 6.42 Å². The Morgan fingerprint density at radius 2 is 1.78 bits per heavy atom. The minimum atomic E-state index is -1.11. The van der Waals surface area contributed by atoms with E-state index < -0.39 is 41.3 Å². The predicted octanol–water partition coefficient (Wildman–Crippen LogP) is 3.11. The van der Waals surface area contributed by atoms with Crippen molar-refractivity contribution in [3.05, 3.63) is 29.6 Å². The number of carboxylic acid groups (broad SMARTS) is 1. The van der Waals surface area contributed by atoms with Crippen LogP contribution in [0.25, 0.3) is 0 Å². The van der Waals surface area contributed by atoms with E-state index in [2.05, 4.69) is 10.6 Å². The molecule has 0 unspecified atom stereocenters. The summed E-state index contributed by atoms with van der Waals surface area (Å²) in [4.78, 5) is 46.5. The fraction of sp³-hybridized carbons (Fsp3) is 0.545. The number of hydrogen-bond donors (Lipinski definition) is 4. The Balaban J connectivity index is 2.80. The second kappa shape index (κ2) is 12.6. The Kier molecular flexibility index (Phi) is 10.6. The maximum atomic E-state index is 14.0. The number of primary amides is 1. The zero-order valence-corrected chi connectivity index (χ0v) is 18.7. The number of rotatable bonds is 12. The zero-order valence-electron chi connectivity index (χ0n) is 18.7. The number of aliphatic carboxylic acids is 1. The van der Waals surface area contributed by atoms with Gasteiger partial charge in [0.25, 0.3) is 0 Å². The van der Waals surface area contributed by atoms with Crippen LogP contribution in [0.4, 0.5) is 14.9 Å². The van der Waals surface area contributed by atoms with Gasteiger partial charge in [0.1, 0.15) is 17.5 Å². The van der Waals surface area contributed by atoms with Crippen LogP contribution in [0.1, 0.15) is 64.9 Å². The van der Waals surface area contributed by atoms with Gasteiger partial charge >= 0.3 is 12.1 Å². The average molecular weight is 454 g/mol. The summed E-state index contributed by atoms with van der Waals surface area (Å²) in [6.07, 6.45) is 1.47. The molecular weight excluding hydrogens is 421 g/mol. The van der Waals surface area contributed by atoms with Crippen LogP contribution >= 0.6 is 0 Å². The molecule has 3 amide bonds. The molecule has 0 radical (unpaired) electrons. The summed E-state index contributed by atoms with van der Waals surface area (Å²) in [5, 5.41) is 13.6. The predicted molar refractivity (Wildman–Crippen MR) is 116 cm³/mol. The van der Waals surface area contributed by atoms with Crippen LogP contribution in [0.3, 0.4) is 0 Å². The Hall–Kier alpha value is -3.17. The Morgan fingerprint density at radius 1 is 1.09 bits per heavy atom. The number of halogens is 1. The van der Waals surface area contributed by atoms with E-state index in [4.69, 9.17) is 15.6 Å². The van der Waals surface area contributed by atoms with E-state index in [1.165, 1.54) is 6.07 Å². The van der Waals surface area contributed by atoms with E-state index >= 15 is 0 Å². The van der Waals surface area contributed by atoms with Gasteiger partial charge in [0, 0.05) is 18.5 Å². The first-order valence-corrected chi connectivity index (χ1v) is 10.5. The van der Waals surface area contributed by atoms with Crippen molar-refractivity contribution >= 4 is 29.6 Å². The average Bonchev–Trinajstić information content (AvgIpc) is 2.62. The zero-order chi connectivity index (χ0) is 24.3. The highest BCUT2D eigenvalue weighted by molar-refractivity contribution is 5.97. The number of hydrogen-bond acceptors (Lipinski definition) is 5. The quantitative estimate of drug-likeness (QED) is 0.357. The Labute approximate surface area is 186 Å². The third kappa shape index (κ3) is 11.9. The molecule has 0 aromatic heterocycles. The second-order valence-corrected chi connectivity index (χ2v) is 8.50. The van der Waals surface area contributed by atoms with E-state index in [0.29, 0.717) is 31.2 Å². The Bertz CT molecular complexity index is 822. The van der Waals surface area contributed by atoms with Crippen molar-refractivity contribution < 1.29 is 33.4 Å². The standard InChI is InChI=1S/C22H32FN3O6/c1-22(2,3)32-21(31)26-17(9-10-18(24)27)20(30)25-16-12-14(11-15(23)13-16)7-5-4-6-8-19(28)29/h11-13,17H,4-10H2,1-3H3,(H2,24,27)(H,25,30)(H,26,31)(H,28,29)/t17-/m0/s1. The number of benzene rings is 1. The number of nitrogens with two attached hydrogens (primary N) is 1. The number of alkyl carbamates (subject to hydrolysis) is 1. The number of ether oxygens (including phenoxy) is 1. The van der Waals surface area contributed by atoms with Gasteiger partial charge in [0.15, 0.2) is 0 Å². The van der Waals surface area contributed by atoms with Crippen molar-refractivity contribution in [1.29, 1.82) is 0 Å². The third-order valence-corrected chi connectivity index (χ3v) is 4.27. The molecule has 1 atom stereocenters. The van der Waals surface area contributed by atoms with E-state index in [-0.39, 0.29) is 24.9 Å². The number of carbonyl (C=O) groups is 4. The fourth-order valence-corrected chi connectivity index (χ4v) is 2.88. The molecule has 0 saturated carbocycles. The van der Waals surface area contributed by atoms with Crippen LogP contribution in [0.5, 0.6) is 0 Å². The van der Waals surface area contributed by atoms with Crippen LogP contribution in [0, 0.1) is 5.82 Å². The molecule has 0 fully saturated rings. The van der Waals surface area contributed by atoms with Crippen molar-refractivity contribution in [2.45, 2.75) is 77.4 Å². The largest absolute Gasteiger partial charge is 0.481 e. The SMILES string of the molecule is CC(C)(C)OC(=O)N[C@@H](CCC(N)=O)C(=O)Nc1cc(F)cc(CCCCCC(=O)O)c1. The Morgan fingerprint density at radius 3 is 2.38 bits per heavy atom. The van der Waals surface area contributed by atoms with Crippen LogP contribution in [-0.2, 0) is 25.5 Å². The lowest BCUT2D eigenvalue weighted by molar-refractivity contribution is -0.137. The van der Waals surface area contributed by atoms with Gasteiger partial charge in [-0.25, -0.2) is 9.18 Å². The summed E-state index contributed by atoms with van der Waals surface area (Å²) < 4.78 is 19.2. The fourth-order valence-electron chi connectivity index (χ4n) is 2.88. The monoisotopic (exact) mass is 453 g/mol. The van der Waals surface area contributed by atoms with Gasteiger partial charge in [-0.2, -0.15) is 0 Å². The first-order valence-electron chi connectivity index (χ1n) is 10.5. The number of anilines is 1. The summed E-state index contributed by atoms with van der Waals surface area (Å²) in [5.74, 6) is -2.68. The van der Waals surface area contributed by atoms with Crippen molar-refractivity contribution in [3.8, 4) is 0 Å². The molecule has 0 aliphatic rings. The molecule has 1 aromatic rings. The van der Waals surface area contributed by atoms with Crippen LogP contribution < -0.4 is 16.4 Å². The van der Waals surface area contributed by atoms with Crippen molar-refractivity contribution in [1.82, 2.24) is 5.32 Å². The number of carbonyl (C=O) groups excluding carboxylic acids is 3. The van der Waals surface area contributed by atoms with E-state index in [9.17, 15) is 23.6 Å². The smallest absolute Gasteiger partial charge is 0.408 e. The number of carboxylic acids is 1. The molecule has 1 rings (SSSR count). The molecule has 178 valence electrons. The van der Waals surface area contributed by atoms with Gasteiger partial charge in [-0.15, -0.1) is 0 Å². The lowest BCUT2D eigenvalue weighted by atomic mass is 10.0. The first kappa shape index (κ1) is 26.9. The van der Waals surface area contributed by atoms with Gasteiger partial charge in [-0.05, 0) is 70.2 Å². The molecular formula is C22H32FN3O6. The van der Waals surface area contributed by atoms with Gasteiger partial charge < -0.3 is 26.2 Å². The lowest BCUT2D eigenvalue weighted by Crippen LogP contribution is -2.46. The van der Waals surface area contributed by atoms with Gasteiger partial charge in [0.05, 0.1) is 0 Å². The molecule has 9 nitrogen and oxygen atoms in total. The molecule has 32 heavy (non-hydrogen) atoms. The normalized spacial score (nSPS) is 12.0. The summed E-state index contributed by atoms with van der Waals surface area (Å²) in [5.41, 5.74) is 5.22. The minimum absolute atomic E-state index is 0.0494. The highest BCUT2D eigenvalue weighted by Crippen LogP contribution is 2.18.